The Morgan fingerprint density at radius 2 is 0.853 bits per heavy atom. The van der Waals surface area contributed by atoms with Crippen LogP contribution in [0.4, 0.5) is 0 Å². The van der Waals surface area contributed by atoms with E-state index in [4.69, 9.17) is 42.6 Å². The molecule has 2 aliphatic heterocycles. The summed E-state index contributed by atoms with van der Waals surface area (Å²) >= 11 is 0. The molecule has 0 aliphatic carbocycles. The highest BCUT2D eigenvalue weighted by Crippen LogP contribution is 2.36. The van der Waals surface area contributed by atoms with Crippen LogP contribution in [0.25, 0.3) is 0 Å². The molecule has 1 N–H and O–H groups in total. The fourth-order valence-electron chi connectivity index (χ4n) is 7.44. The second-order valence-corrected chi connectivity index (χ2v) is 23.1. The van der Waals surface area contributed by atoms with Gasteiger partial charge in [0.2, 0.25) is 0 Å². The molecule has 2 fully saturated rings. The lowest BCUT2D eigenvalue weighted by Gasteiger charge is -2.48. The molecule has 16 heteroatoms. The molecule has 15 nitrogen and oxygen atoms in total. The van der Waals surface area contributed by atoms with Gasteiger partial charge < -0.3 is 47.7 Å². The molecule has 2 heterocycles. The van der Waals surface area contributed by atoms with Crippen molar-refractivity contribution in [3.63, 3.8) is 0 Å². The van der Waals surface area contributed by atoms with Crippen molar-refractivity contribution in [2.75, 3.05) is 13.2 Å². The summed E-state index contributed by atoms with van der Waals surface area (Å²) in [5, 5.41) is 11.7. The van der Waals surface area contributed by atoms with Gasteiger partial charge in [-0.15, -0.1) is 0 Å². The van der Waals surface area contributed by atoms with E-state index < -0.39 is 106 Å². The minimum Gasteiger partial charge on any atom is -0.459 e. The van der Waals surface area contributed by atoms with Crippen LogP contribution in [-0.4, -0.2) is 118 Å². The molecule has 2 aliphatic rings. The predicted molar refractivity (Wildman–Crippen MR) is 247 cm³/mol. The summed E-state index contributed by atoms with van der Waals surface area (Å²) in [6.07, 6.45) is -15.5. The Labute approximate surface area is 395 Å². The normalized spacial score (nSPS) is 24.7. The van der Waals surface area contributed by atoms with Crippen molar-refractivity contribution in [3.05, 3.63) is 179 Å². The standard InChI is InChI=1S/C52H54O15Si/c1-33-40(53)42(64-48(56)36-24-14-7-15-25-36)44(65-49(57)37-26-16-8-17-27-37)52(61-33)67-43-41(63-47(55)35-22-12-6-13-23-35)39(32-60-46(54)34-20-10-5-11-21-34)62-51(59-30-31-68(2,3)4)45(43)66-50(58)38-28-18-9-19-29-38/h5-29,33,39-45,51-53H,30-32H2,1-4H3/t33-,39+,40-,41-,42+,43-,44+,45+,51+,52-/m0/s1. The lowest BCUT2D eigenvalue weighted by molar-refractivity contribution is -0.354. The third-order valence-corrected chi connectivity index (χ3v) is 12.9. The van der Waals surface area contributed by atoms with Crippen molar-refractivity contribution in [1.82, 2.24) is 0 Å². The van der Waals surface area contributed by atoms with E-state index in [9.17, 15) is 29.1 Å². The lowest BCUT2D eigenvalue weighted by atomic mass is 9.96. The van der Waals surface area contributed by atoms with Crippen molar-refractivity contribution in [2.24, 2.45) is 0 Å². The van der Waals surface area contributed by atoms with Crippen molar-refractivity contribution in [2.45, 2.75) is 94.0 Å². The van der Waals surface area contributed by atoms with Crippen molar-refractivity contribution in [3.8, 4) is 0 Å². The van der Waals surface area contributed by atoms with Gasteiger partial charge in [0, 0.05) is 14.7 Å². The SMILES string of the molecule is C[C@@H]1O[C@@H](O[C@H]2[C@@H](OC(=O)c3ccccc3)[C@@H](COC(=O)c3ccccc3)O[C@@H](OCC[Si](C)(C)C)[C@@H]2OC(=O)c2ccccc2)[C@H](OC(=O)c2ccccc2)[C@H](OC(=O)c2ccccc2)[C@H]1O. The zero-order valence-corrected chi connectivity index (χ0v) is 39.0. The van der Waals surface area contributed by atoms with Crippen LogP contribution < -0.4 is 0 Å². The number of carbonyl (C=O) groups excluding carboxylic acids is 5. The van der Waals surface area contributed by atoms with Crippen LogP contribution in [0.1, 0.15) is 58.7 Å². The highest BCUT2D eigenvalue weighted by Gasteiger charge is 2.57. The molecule has 5 aromatic carbocycles. The first-order valence-electron chi connectivity index (χ1n) is 22.3. The molecular weight excluding hydrogens is 893 g/mol. The Morgan fingerprint density at radius 3 is 1.26 bits per heavy atom. The second-order valence-electron chi connectivity index (χ2n) is 17.4. The number of rotatable bonds is 17. The van der Waals surface area contributed by atoms with Gasteiger partial charge >= 0.3 is 29.8 Å². The van der Waals surface area contributed by atoms with Crippen LogP contribution in [0, 0.1) is 0 Å². The fraction of sp³-hybridized carbons (Fsp3) is 0.327. The van der Waals surface area contributed by atoms with Crippen LogP contribution in [-0.2, 0) is 42.6 Å². The van der Waals surface area contributed by atoms with E-state index in [0.717, 1.165) is 0 Å². The molecule has 7 rings (SSSR count). The summed E-state index contributed by atoms with van der Waals surface area (Å²) in [6, 6.07) is 41.0. The van der Waals surface area contributed by atoms with E-state index in [1.807, 2.05) is 0 Å². The molecule has 2 saturated heterocycles. The molecule has 10 atom stereocenters. The number of carbonyl (C=O) groups is 5. The summed E-state index contributed by atoms with van der Waals surface area (Å²) in [7, 11) is -1.76. The third kappa shape index (κ3) is 12.9. The number of ether oxygens (including phenoxy) is 9. The van der Waals surface area contributed by atoms with Gasteiger partial charge in [-0.1, -0.05) is 111 Å². The van der Waals surface area contributed by atoms with Gasteiger partial charge in [0.05, 0.1) is 33.9 Å². The minimum atomic E-state index is -1.76. The van der Waals surface area contributed by atoms with Gasteiger partial charge in [0.1, 0.15) is 24.9 Å². The second kappa shape index (κ2) is 23.0. The first-order valence-corrected chi connectivity index (χ1v) is 26.0. The fourth-order valence-corrected chi connectivity index (χ4v) is 8.17. The summed E-state index contributed by atoms with van der Waals surface area (Å²) in [5.41, 5.74) is 0.761. The quantitative estimate of drug-likeness (QED) is 0.0554. The molecule has 5 aromatic rings. The van der Waals surface area contributed by atoms with Gasteiger partial charge in [-0.3, -0.25) is 0 Å². The van der Waals surface area contributed by atoms with E-state index >= 15 is 0 Å². The molecule has 68 heavy (non-hydrogen) atoms. The van der Waals surface area contributed by atoms with E-state index in [-0.39, 0.29) is 34.4 Å². The number of aliphatic hydroxyl groups is 1. The van der Waals surface area contributed by atoms with Crippen molar-refractivity contribution >= 4 is 37.9 Å². The predicted octanol–water partition coefficient (Wildman–Crippen LogP) is 7.32. The first-order chi connectivity index (χ1) is 32.8. The topological polar surface area (TPSA) is 189 Å². The number of hydrogen-bond acceptors (Lipinski definition) is 15. The van der Waals surface area contributed by atoms with Gasteiger partial charge in [-0.05, 0) is 73.6 Å². The Hall–Kier alpha value is -6.53. The smallest absolute Gasteiger partial charge is 0.338 e. The average molecular weight is 947 g/mol. The van der Waals surface area contributed by atoms with Gasteiger partial charge in [-0.2, -0.15) is 0 Å². The van der Waals surface area contributed by atoms with Crippen LogP contribution in [0.2, 0.25) is 25.7 Å². The van der Waals surface area contributed by atoms with Gasteiger partial charge in [-0.25, -0.2) is 24.0 Å². The molecule has 0 unspecified atom stereocenters. The van der Waals surface area contributed by atoms with Crippen LogP contribution >= 0.6 is 0 Å². The molecule has 0 amide bonds. The number of aliphatic hydroxyl groups excluding tert-OH is 1. The maximum atomic E-state index is 14.2. The molecule has 0 spiro atoms. The zero-order chi connectivity index (χ0) is 48.2. The zero-order valence-electron chi connectivity index (χ0n) is 38.0. The molecule has 0 radical (unpaired) electrons. The lowest BCUT2D eigenvalue weighted by Crippen LogP contribution is -2.66. The Kier molecular flexibility index (Phi) is 16.7. The Balaban J connectivity index is 1.34. The molecule has 0 saturated carbocycles. The van der Waals surface area contributed by atoms with Crippen molar-refractivity contribution < 1.29 is 71.7 Å². The van der Waals surface area contributed by atoms with Crippen molar-refractivity contribution in [1.29, 1.82) is 0 Å². The molecule has 0 bridgehead atoms. The van der Waals surface area contributed by atoms with Gasteiger partial charge in [0.15, 0.2) is 37.0 Å². The summed E-state index contributed by atoms with van der Waals surface area (Å²) in [6.45, 7) is 7.55. The van der Waals surface area contributed by atoms with Crippen LogP contribution in [0.3, 0.4) is 0 Å². The monoisotopic (exact) mass is 946 g/mol. The Morgan fingerprint density at radius 1 is 0.485 bits per heavy atom. The minimum absolute atomic E-state index is 0.110. The summed E-state index contributed by atoms with van der Waals surface area (Å²) in [4.78, 5) is 69.5. The molecule has 0 aromatic heterocycles. The van der Waals surface area contributed by atoms with E-state index in [2.05, 4.69) is 19.6 Å². The number of benzene rings is 5. The largest absolute Gasteiger partial charge is 0.459 e. The average Bonchev–Trinajstić information content (AvgIpc) is 3.35. The van der Waals surface area contributed by atoms with E-state index in [1.165, 1.54) is 43.3 Å². The molecular formula is C52H54O15Si. The summed E-state index contributed by atoms with van der Waals surface area (Å²) in [5.74, 6) is -4.14. The summed E-state index contributed by atoms with van der Waals surface area (Å²) < 4.78 is 56.6. The maximum absolute atomic E-state index is 14.2. The number of hydrogen-bond donors (Lipinski definition) is 1. The maximum Gasteiger partial charge on any atom is 0.338 e. The highest BCUT2D eigenvalue weighted by atomic mass is 28.3. The highest BCUT2D eigenvalue weighted by molar-refractivity contribution is 6.76. The molecule has 356 valence electrons. The van der Waals surface area contributed by atoms with Gasteiger partial charge in [0.25, 0.3) is 0 Å². The van der Waals surface area contributed by atoms with Crippen LogP contribution in [0.5, 0.6) is 0 Å². The number of esters is 5. The third-order valence-electron chi connectivity index (χ3n) is 11.2. The van der Waals surface area contributed by atoms with E-state index in [1.54, 1.807) is 115 Å². The first kappa shape index (κ1) is 49.4. The van der Waals surface area contributed by atoms with Crippen LogP contribution in [0.15, 0.2) is 152 Å². The Bertz CT molecular complexity index is 2440. The van der Waals surface area contributed by atoms with E-state index in [0.29, 0.717) is 6.04 Å².